The number of carbonyl (C=O) groups excluding carboxylic acids is 1. The summed E-state index contributed by atoms with van der Waals surface area (Å²) >= 11 is 12.2. The summed E-state index contributed by atoms with van der Waals surface area (Å²) in [7, 11) is -4.10. The summed E-state index contributed by atoms with van der Waals surface area (Å²) in [6.07, 6.45) is 1.52. The lowest BCUT2D eigenvalue weighted by molar-refractivity contribution is -0.119. The number of aryl methyl sites for hydroxylation is 1. The molecule has 0 heterocycles. The highest BCUT2D eigenvalue weighted by molar-refractivity contribution is 7.92. The highest BCUT2D eigenvalue weighted by Crippen LogP contribution is 2.29. The van der Waals surface area contributed by atoms with Crippen molar-refractivity contribution in [3.8, 4) is 0 Å². The summed E-state index contributed by atoms with van der Waals surface area (Å²) in [4.78, 5) is 12.8. The molecule has 0 atom stereocenters. The minimum absolute atomic E-state index is 0.0336. The lowest BCUT2D eigenvalue weighted by atomic mass is 10.1. The largest absolute Gasteiger partial charge is 0.271 e. The van der Waals surface area contributed by atoms with E-state index in [0.29, 0.717) is 0 Å². The lowest BCUT2D eigenvalue weighted by Crippen LogP contribution is -2.39. The zero-order valence-electron chi connectivity index (χ0n) is 18.7. The predicted molar refractivity (Wildman–Crippen MR) is 142 cm³/mol. The van der Waals surface area contributed by atoms with Gasteiger partial charge in [0.2, 0.25) is 0 Å². The van der Waals surface area contributed by atoms with E-state index in [9.17, 15) is 13.2 Å². The molecule has 0 fully saturated rings. The van der Waals surface area contributed by atoms with E-state index >= 15 is 0 Å². The average Bonchev–Trinajstić information content (AvgIpc) is 2.82. The first-order valence-corrected chi connectivity index (χ1v) is 12.8. The maximum Gasteiger partial charge on any atom is 0.264 e. The number of fused-ring (bicyclic) bond motifs is 1. The van der Waals surface area contributed by atoms with Crippen molar-refractivity contribution in [2.45, 2.75) is 11.8 Å². The fourth-order valence-electron chi connectivity index (χ4n) is 3.54. The number of anilines is 1. The van der Waals surface area contributed by atoms with Crippen molar-refractivity contribution in [3.05, 3.63) is 106 Å². The maximum absolute atomic E-state index is 13.5. The third-order valence-electron chi connectivity index (χ3n) is 5.25. The van der Waals surface area contributed by atoms with E-state index in [-0.39, 0.29) is 20.6 Å². The van der Waals surface area contributed by atoms with Gasteiger partial charge in [0.25, 0.3) is 15.9 Å². The number of nitrogens with one attached hydrogen (secondary N) is 1. The minimum atomic E-state index is -4.10. The van der Waals surface area contributed by atoms with E-state index in [1.54, 1.807) is 12.1 Å². The first kappa shape index (κ1) is 24.7. The van der Waals surface area contributed by atoms with Crippen LogP contribution in [0.1, 0.15) is 11.1 Å². The van der Waals surface area contributed by atoms with Crippen molar-refractivity contribution < 1.29 is 13.2 Å². The second-order valence-corrected chi connectivity index (χ2v) is 10.5. The van der Waals surface area contributed by atoms with E-state index in [1.165, 1.54) is 36.5 Å². The van der Waals surface area contributed by atoms with Gasteiger partial charge < -0.3 is 0 Å². The molecule has 4 aromatic carbocycles. The number of rotatable bonds is 7. The summed E-state index contributed by atoms with van der Waals surface area (Å²) in [5, 5.41) is 6.54. The van der Waals surface area contributed by atoms with Gasteiger partial charge in [-0.2, -0.15) is 5.10 Å². The Bertz CT molecular complexity index is 1500. The van der Waals surface area contributed by atoms with Gasteiger partial charge in [-0.1, -0.05) is 83.4 Å². The summed E-state index contributed by atoms with van der Waals surface area (Å²) in [5.74, 6) is -0.631. The number of carbonyl (C=O) groups is 1. The Morgan fingerprint density at radius 3 is 2.31 bits per heavy atom. The van der Waals surface area contributed by atoms with Crippen LogP contribution in [0.5, 0.6) is 0 Å². The Balaban J connectivity index is 1.61. The van der Waals surface area contributed by atoms with Crippen molar-refractivity contribution in [1.29, 1.82) is 0 Å². The Morgan fingerprint density at radius 2 is 1.60 bits per heavy atom. The second kappa shape index (κ2) is 10.5. The molecule has 178 valence electrons. The first-order valence-electron chi connectivity index (χ1n) is 10.6. The van der Waals surface area contributed by atoms with Crippen LogP contribution >= 0.6 is 23.2 Å². The minimum Gasteiger partial charge on any atom is -0.271 e. The molecule has 0 aliphatic carbocycles. The van der Waals surface area contributed by atoms with Crippen molar-refractivity contribution in [2.75, 3.05) is 10.8 Å². The fourth-order valence-corrected chi connectivity index (χ4v) is 5.46. The van der Waals surface area contributed by atoms with Crippen LogP contribution in [0.25, 0.3) is 10.8 Å². The summed E-state index contributed by atoms with van der Waals surface area (Å²) < 4.78 is 27.9. The van der Waals surface area contributed by atoms with Crippen LogP contribution in [0, 0.1) is 6.92 Å². The van der Waals surface area contributed by atoms with Gasteiger partial charge in [-0.3, -0.25) is 9.10 Å². The van der Waals surface area contributed by atoms with E-state index in [1.807, 2.05) is 49.4 Å². The maximum atomic E-state index is 13.5. The Morgan fingerprint density at radius 1 is 0.943 bits per heavy atom. The van der Waals surface area contributed by atoms with Gasteiger partial charge in [0.15, 0.2) is 0 Å². The molecule has 9 heteroatoms. The molecule has 0 spiro atoms. The lowest BCUT2D eigenvalue weighted by Gasteiger charge is -2.24. The fraction of sp³-hybridized carbons (Fsp3) is 0.0769. The monoisotopic (exact) mass is 525 g/mol. The normalized spacial score (nSPS) is 11.6. The molecule has 0 aliphatic rings. The van der Waals surface area contributed by atoms with Crippen LogP contribution in [0.2, 0.25) is 10.0 Å². The molecule has 0 saturated carbocycles. The van der Waals surface area contributed by atoms with E-state index in [4.69, 9.17) is 23.2 Å². The smallest absolute Gasteiger partial charge is 0.264 e. The molecule has 0 bridgehead atoms. The van der Waals surface area contributed by atoms with Gasteiger partial charge in [-0.25, -0.2) is 13.8 Å². The van der Waals surface area contributed by atoms with E-state index in [2.05, 4.69) is 10.5 Å². The Kier molecular flexibility index (Phi) is 7.40. The summed E-state index contributed by atoms with van der Waals surface area (Å²) in [5.41, 5.74) is 4.30. The van der Waals surface area contributed by atoms with Crippen LogP contribution in [-0.2, 0) is 14.8 Å². The topological polar surface area (TPSA) is 78.8 Å². The van der Waals surface area contributed by atoms with Crippen molar-refractivity contribution in [3.63, 3.8) is 0 Å². The molecular formula is C26H21Cl2N3O3S. The van der Waals surface area contributed by atoms with Crippen LogP contribution in [0.4, 0.5) is 5.69 Å². The first-order chi connectivity index (χ1) is 16.7. The number of hydrogen-bond donors (Lipinski definition) is 1. The number of benzene rings is 4. The molecular weight excluding hydrogens is 505 g/mol. The van der Waals surface area contributed by atoms with E-state index in [0.717, 1.165) is 26.2 Å². The zero-order chi connectivity index (χ0) is 25.0. The molecule has 0 aromatic heterocycles. The van der Waals surface area contributed by atoms with Crippen LogP contribution in [0.3, 0.4) is 0 Å². The highest BCUT2D eigenvalue weighted by atomic mass is 35.5. The van der Waals surface area contributed by atoms with Crippen LogP contribution < -0.4 is 9.73 Å². The van der Waals surface area contributed by atoms with Gasteiger partial charge >= 0.3 is 0 Å². The number of nitrogens with zero attached hydrogens (tertiary/aromatic N) is 2. The SMILES string of the molecule is Cc1ccc(S(=O)(=O)N(CC(=O)N/N=C\c2cccc3ccccc23)c2cc(Cl)cc(Cl)c2)cc1. The van der Waals surface area contributed by atoms with Gasteiger partial charge in [-0.15, -0.1) is 0 Å². The molecule has 0 aliphatic heterocycles. The predicted octanol–water partition coefficient (Wildman–Crippen LogP) is 5.80. The molecule has 4 aromatic rings. The molecule has 4 rings (SSSR count). The quantitative estimate of drug-likeness (QED) is 0.244. The number of hydrogen-bond acceptors (Lipinski definition) is 4. The zero-order valence-corrected chi connectivity index (χ0v) is 21.0. The molecule has 1 N–H and O–H groups in total. The standard InChI is InChI=1S/C26H21Cl2N3O3S/c1-18-9-11-24(12-10-18)35(33,34)31(23-14-21(27)13-22(28)15-23)17-26(32)30-29-16-20-7-4-6-19-5-2-3-8-25(19)20/h2-16H,17H2,1H3,(H,30,32)/b29-16-. The Hall–Kier alpha value is -3.39. The van der Waals surface area contributed by atoms with Gasteiger partial charge in [0.1, 0.15) is 6.54 Å². The van der Waals surface area contributed by atoms with E-state index < -0.39 is 22.5 Å². The number of sulfonamides is 1. The van der Waals surface area contributed by atoms with Crippen molar-refractivity contribution in [2.24, 2.45) is 5.10 Å². The molecule has 6 nitrogen and oxygen atoms in total. The molecule has 0 radical (unpaired) electrons. The van der Waals surface area contributed by atoms with Crippen LogP contribution in [0.15, 0.2) is 94.9 Å². The highest BCUT2D eigenvalue weighted by Gasteiger charge is 2.27. The van der Waals surface area contributed by atoms with Gasteiger partial charge in [0, 0.05) is 15.6 Å². The number of amides is 1. The molecule has 35 heavy (non-hydrogen) atoms. The summed E-state index contributed by atoms with van der Waals surface area (Å²) in [6.45, 7) is 1.33. The summed E-state index contributed by atoms with van der Waals surface area (Å²) in [6, 6.07) is 24.2. The van der Waals surface area contributed by atoms with Gasteiger partial charge in [0.05, 0.1) is 16.8 Å². The van der Waals surface area contributed by atoms with Crippen molar-refractivity contribution in [1.82, 2.24) is 5.43 Å². The second-order valence-electron chi connectivity index (χ2n) is 7.81. The van der Waals surface area contributed by atoms with Gasteiger partial charge in [-0.05, 0) is 48.0 Å². The van der Waals surface area contributed by atoms with Crippen LogP contribution in [-0.4, -0.2) is 27.1 Å². The average molecular weight is 526 g/mol. The Labute approximate surface area is 213 Å². The molecule has 0 saturated heterocycles. The third-order valence-corrected chi connectivity index (χ3v) is 7.47. The number of halogens is 2. The number of hydrazone groups is 1. The van der Waals surface area contributed by atoms with Crippen molar-refractivity contribution >= 4 is 61.8 Å². The third kappa shape index (κ3) is 5.82. The molecule has 1 amide bonds. The molecule has 0 unspecified atom stereocenters.